The summed E-state index contributed by atoms with van der Waals surface area (Å²) >= 11 is 0. The van der Waals surface area contributed by atoms with Crippen LogP contribution >= 0.6 is 0 Å². The number of allylic oxidation sites excluding steroid dienone is 1. The zero-order valence-electron chi connectivity index (χ0n) is 25.9. The smallest absolute Gasteiger partial charge is 0.142 e. The second-order valence-corrected chi connectivity index (χ2v) is 13.6. The average molecular weight is 579 g/mol. The number of rotatable bonds is 3. The summed E-state index contributed by atoms with van der Waals surface area (Å²) < 4.78 is 6.39. The lowest BCUT2D eigenvalue weighted by Gasteiger charge is -2.20. The van der Waals surface area contributed by atoms with E-state index in [9.17, 15) is 0 Å². The summed E-state index contributed by atoms with van der Waals surface area (Å²) in [6.07, 6.45) is 6.46. The lowest BCUT2D eigenvalue weighted by Crippen LogP contribution is -2.10. The van der Waals surface area contributed by atoms with Gasteiger partial charge in [0.25, 0.3) is 0 Å². The molecule has 1 heteroatoms. The maximum Gasteiger partial charge on any atom is 0.142 e. The summed E-state index contributed by atoms with van der Waals surface area (Å²) in [6, 6.07) is 43.1. The van der Waals surface area contributed by atoms with Crippen LogP contribution in [-0.2, 0) is 11.8 Å². The molecule has 0 bridgehead atoms. The first-order valence-electron chi connectivity index (χ1n) is 16.1. The number of hydrogen-bond acceptors (Lipinski definition) is 1. The van der Waals surface area contributed by atoms with Gasteiger partial charge in [0.05, 0.1) is 0 Å². The largest absolute Gasteiger partial charge is 0.456 e. The maximum absolute atomic E-state index is 6.39. The molecule has 0 saturated carbocycles. The number of benzene rings is 7. The average Bonchev–Trinajstić information content (AvgIpc) is 3.46. The third-order valence-corrected chi connectivity index (χ3v) is 9.91. The van der Waals surface area contributed by atoms with Crippen molar-refractivity contribution < 1.29 is 4.42 Å². The van der Waals surface area contributed by atoms with Crippen LogP contribution < -0.4 is 0 Å². The number of aryl methyl sites for hydroxylation is 1. The van der Waals surface area contributed by atoms with Crippen LogP contribution in [0.25, 0.3) is 82.7 Å². The molecule has 0 N–H and O–H groups in total. The molecule has 45 heavy (non-hydrogen) atoms. The van der Waals surface area contributed by atoms with Gasteiger partial charge >= 0.3 is 0 Å². The van der Waals surface area contributed by atoms with Crippen molar-refractivity contribution >= 4 is 49.4 Å². The van der Waals surface area contributed by atoms with Gasteiger partial charge in [-0.1, -0.05) is 142 Å². The Morgan fingerprint density at radius 2 is 1.09 bits per heavy atom. The molecular weight excluding hydrogens is 544 g/mol. The minimum absolute atomic E-state index is 0.138. The Labute approximate surface area is 263 Å². The molecule has 0 atom stereocenters. The fourth-order valence-corrected chi connectivity index (χ4v) is 7.51. The highest BCUT2D eigenvalue weighted by Crippen LogP contribution is 2.43. The molecule has 1 heterocycles. The summed E-state index contributed by atoms with van der Waals surface area (Å²) in [6.45, 7) is 6.81. The third-order valence-electron chi connectivity index (χ3n) is 9.91. The fourth-order valence-electron chi connectivity index (χ4n) is 7.51. The number of fused-ring (bicyclic) bond motifs is 3. The Morgan fingerprint density at radius 1 is 0.533 bits per heavy atom. The van der Waals surface area contributed by atoms with Crippen LogP contribution in [0.1, 0.15) is 44.1 Å². The first-order chi connectivity index (χ1) is 21.9. The van der Waals surface area contributed by atoms with Crippen molar-refractivity contribution in [1.82, 2.24) is 0 Å². The van der Waals surface area contributed by atoms with Gasteiger partial charge in [-0.3, -0.25) is 0 Å². The Kier molecular flexibility index (Phi) is 5.65. The predicted molar refractivity (Wildman–Crippen MR) is 192 cm³/mol. The van der Waals surface area contributed by atoms with Crippen molar-refractivity contribution in [3.63, 3.8) is 0 Å². The topological polar surface area (TPSA) is 13.1 Å². The molecule has 1 nitrogen and oxygen atoms in total. The van der Waals surface area contributed by atoms with Gasteiger partial charge in [0.1, 0.15) is 11.3 Å². The van der Waals surface area contributed by atoms with Crippen LogP contribution in [0.5, 0.6) is 0 Å². The Hall–Kier alpha value is -5.14. The van der Waals surface area contributed by atoms with E-state index in [0.29, 0.717) is 0 Å². The van der Waals surface area contributed by atoms with Crippen molar-refractivity contribution in [3.8, 4) is 33.4 Å². The molecule has 9 rings (SSSR count). The molecule has 1 aromatic heterocycles. The highest BCUT2D eigenvalue weighted by molar-refractivity contribution is 6.27. The van der Waals surface area contributed by atoms with E-state index in [4.69, 9.17) is 4.42 Å². The second kappa shape index (κ2) is 9.68. The Balaban J connectivity index is 1.16. The van der Waals surface area contributed by atoms with E-state index in [2.05, 4.69) is 148 Å². The molecule has 0 spiro atoms. The third kappa shape index (κ3) is 4.07. The van der Waals surface area contributed by atoms with E-state index in [0.717, 1.165) is 29.7 Å². The molecular formula is C44H34O. The van der Waals surface area contributed by atoms with Crippen LogP contribution in [0, 0.1) is 0 Å². The quantitative estimate of drug-likeness (QED) is 0.190. The summed E-state index contributed by atoms with van der Waals surface area (Å²) in [5, 5.41) is 9.12. The zero-order valence-corrected chi connectivity index (χ0v) is 25.9. The molecule has 7 aromatic carbocycles. The first-order valence-corrected chi connectivity index (χ1v) is 16.1. The predicted octanol–water partition coefficient (Wildman–Crippen LogP) is 12.6. The van der Waals surface area contributed by atoms with Crippen LogP contribution in [0.4, 0.5) is 0 Å². The number of hydrogen-bond donors (Lipinski definition) is 0. The van der Waals surface area contributed by atoms with Gasteiger partial charge in [0, 0.05) is 16.5 Å². The number of furan rings is 1. The minimum Gasteiger partial charge on any atom is -0.456 e. The second-order valence-electron chi connectivity index (χ2n) is 13.6. The van der Waals surface area contributed by atoms with Gasteiger partial charge in [0.15, 0.2) is 0 Å². The van der Waals surface area contributed by atoms with Gasteiger partial charge in [-0.25, -0.2) is 0 Å². The molecule has 0 unspecified atom stereocenters. The summed E-state index contributed by atoms with van der Waals surface area (Å²) in [5.41, 5.74) is 11.2. The normalized spacial score (nSPS) is 13.4. The van der Waals surface area contributed by atoms with Crippen molar-refractivity contribution in [1.29, 1.82) is 0 Å². The Bertz CT molecular complexity index is 2430. The molecule has 216 valence electrons. The highest BCUT2D eigenvalue weighted by Gasteiger charge is 2.19. The first kappa shape index (κ1) is 26.3. The molecule has 0 radical (unpaired) electrons. The summed E-state index contributed by atoms with van der Waals surface area (Å²) in [5.74, 6) is 1.01. The van der Waals surface area contributed by atoms with Crippen LogP contribution in [0.2, 0.25) is 0 Å². The standard InChI is InChI=1S/C44H34O/c1-44(2,3)32-21-17-28(18-22-32)34-24-20-31-16-15-30-19-23-33(37-25-26-38(34)42(31)41(30)37)27-11-13-29(14-12-27)35-8-6-9-39-36-7-4-5-10-40(36)45-43(35)39/h5-6,8-26H,4,7H2,1-3H3. The summed E-state index contributed by atoms with van der Waals surface area (Å²) in [7, 11) is 0. The lowest BCUT2D eigenvalue weighted by molar-refractivity contribution is 0.590. The van der Waals surface area contributed by atoms with E-state index in [1.165, 1.54) is 76.6 Å². The molecule has 0 amide bonds. The van der Waals surface area contributed by atoms with Crippen molar-refractivity contribution in [2.75, 3.05) is 0 Å². The number of para-hydroxylation sites is 1. The SMILES string of the molecule is CC(C)(C)c1ccc(-c2ccc3ccc4ccc(-c5ccc(-c6cccc7c8c(oc67)C=CCC8)cc5)c5ccc2c3c45)cc1. The van der Waals surface area contributed by atoms with Gasteiger partial charge in [0.2, 0.25) is 0 Å². The van der Waals surface area contributed by atoms with E-state index in [-0.39, 0.29) is 5.41 Å². The maximum atomic E-state index is 6.39. The van der Waals surface area contributed by atoms with Crippen LogP contribution in [0.3, 0.4) is 0 Å². The van der Waals surface area contributed by atoms with E-state index in [1.807, 2.05) is 0 Å². The van der Waals surface area contributed by atoms with E-state index < -0.39 is 0 Å². The van der Waals surface area contributed by atoms with Gasteiger partial charge in [-0.15, -0.1) is 0 Å². The molecule has 1 aliphatic carbocycles. The van der Waals surface area contributed by atoms with Crippen molar-refractivity contribution in [2.24, 2.45) is 0 Å². The molecule has 8 aromatic rings. The molecule has 1 aliphatic rings. The Morgan fingerprint density at radius 3 is 1.69 bits per heavy atom. The van der Waals surface area contributed by atoms with E-state index in [1.54, 1.807) is 0 Å². The van der Waals surface area contributed by atoms with E-state index >= 15 is 0 Å². The van der Waals surface area contributed by atoms with Crippen molar-refractivity contribution in [3.05, 3.63) is 138 Å². The van der Waals surface area contributed by atoms with Crippen molar-refractivity contribution in [2.45, 2.75) is 39.0 Å². The van der Waals surface area contributed by atoms with Gasteiger partial charge in [-0.2, -0.15) is 0 Å². The lowest BCUT2D eigenvalue weighted by atomic mass is 9.84. The summed E-state index contributed by atoms with van der Waals surface area (Å²) in [4.78, 5) is 0. The minimum atomic E-state index is 0.138. The van der Waals surface area contributed by atoms with Crippen LogP contribution in [0.15, 0.2) is 126 Å². The van der Waals surface area contributed by atoms with Crippen LogP contribution in [-0.4, -0.2) is 0 Å². The highest BCUT2D eigenvalue weighted by atomic mass is 16.3. The van der Waals surface area contributed by atoms with Gasteiger partial charge in [-0.05, 0) is 90.0 Å². The fraction of sp³-hybridized carbons (Fsp3) is 0.136. The monoisotopic (exact) mass is 578 g/mol. The molecule has 0 aliphatic heterocycles. The van der Waals surface area contributed by atoms with Gasteiger partial charge < -0.3 is 4.42 Å². The molecule has 0 fully saturated rings. The zero-order chi connectivity index (χ0) is 30.3. The molecule has 0 saturated heterocycles.